The van der Waals surface area contributed by atoms with E-state index in [9.17, 15) is 13.2 Å². The molecule has 2 atom stereocenters. The van der Waals surface area contributed by atoms with Gasteiger partial charge in [0.25, 0.3) is 0 Å². The molecule has 1 saturated heterocycles. The predicted molar refractivity (Wildman–Crippen MR) is 77.2 cm³/mol. The minimum Gasteiger partial charge on any atom is -0.497 e. The van der Waals surface area contributed by atoms with Gasteiger partial charge in [-0.1, -0.05) is 0 Å². The first kappa shape index (κ1) is 14.9. The number of ether oxygens (including phenoxy) is 1. The molecule has 1 aromatic carbocycles. The summed E-state index contributed by atoms with van der Waals surface area (Å²) in [5.41, 5.74) is 0.579. The van der Waals surface area contributed by atoms with E-state index in [0.29, 0.717) is 11.4 Å². The van der Waals surface area contributed by atoms with Crippen LogP contribution in [-0.2, 0) is 9.84 Å². The standard InChI is InChI=1S/C12H15ClN2O4S/c1-19-9-4-2-8(3-5-9)14-12(16)15-11-7-20(17,18)6-10(11)13/h2-5,10-11H,6-7H2,1H3,(H2,14,15,16)/t10-,11+/m0/s1. The zero-order valence-corrected chi connectivity index (χ0v) is 12.4. The Bertz CT molecular complexity index is 588. The number of urea groups is 1. The van der Waals surface area contributed by atoms with Gasteiger partial charge in [0.1, 0.15) is 5.75 Å². The van der Waals surface area contributed by atoms with E-state index >= 15 is 0 Å². The Kier molecular flexibility index (Phi) is 4.39. The maximum absolute atomic E-state index is 11.8. The molecule has 1 heterocycles. The summed E-state index contributed by atoms with van der Waals surface area (Å²) in [6.45, 7) is 0. The Morgan fingerprint density at radius 1 is 1.30 bits per heavy atom. The lowest BCUT2D eigenvalue weighted by molar-refractivity contribution is 0.249. The SMILES string of the molecule is COc1ccc(NC(=O)N[C@@H]2CS(=O)(=O)C[C@@H]2Cl)cc1. The Balaban J connectivity index is 1.92. The van der Waals surface area contributed by atoms with Gasteiger partial charge < -0.3 is 15.4 Å². The molecule has 8 heteroatoms. The zero-order valence-electron chi connectivity index (χ0n) is 10.8. The fourth-order valence-electron chi connectivity index (χ4n) is 1.95. The molecule has 1 aliphatic heterocycles. The number of hydrogen-bond donors (Lipinski definition) is 2. The van der Waals surface area contributed by atoms with Crippen LogP contribution in [0.4, 0.5) is 10.5 Å². The van der Waals surface area contributed by atoms with Crippen LogP contribution in [0.1, 0.15) is 0 Å². The lowest BCUT2D eigenvalue weighted by Gasteiger charge is -2.15. The van der Waals surface area contributed by atoms with Gasteiger partial charge in [-0.15, -0.1) is 11.6 Å². The van der Waals surface area contributed by atoms with Gasteiger partial charge in [-0.25, -0.2) is 13.2 Å². The Morgan fingerprint density at radius 3 is 2.45 bits per heavy atom. The molecule has 0 spiro atoms. The molecule has 20 heavy (non-hydrogen) atoms. The molecule has 6 nitrogen and oxygen atoms in total. The minimum absolute atomic E-state index is 0.109. The summed E-state index contributed by atoms with van der Waals surface area (Å²) < 4.78 is 27.8. The van der Waals surface area contributed by atoms with E-state index in [1.165, 1.54) is 0 Å². The lowest BCUT2D eigenvalue weighted by atomic mass is 10.2. The van der Waals surface area contributed by atoms with Gasteiger partial charge >= 0.3 is 6.03 Å². The average molecular weight is 319 g/mol. The highest BCUT2D eigenvalue weighted by Crippen LogP contribution is 2.19. The summed E-state index contributed by atoms with van der Waals surface area (Å²) in [5, 5.41) is 4.58. The molecular weight excluding hydrogens is 304 g/mol. The van der Waals surface area contributed by atoms with Crippen molar-refractivity contribution in [2.75, 3.05) is 23.9 Å². The van der Waals surface area contributed by atoms with E-state index in [4.69, 9.17) is 16.3 Å². The maximum atomic E-state index is 11.8. The summed E-state index contributed by atoms with van der Waals surface area (Å²) >= 11 is 5.91. The van der Waals surface area contributed by atoms with Crippen LogP contribution < -0.4 is 15.4 Å². The monoisotopic (exact) mass is 318 g/mol. The first-order chi connectivity index (χ1) is 9.39. The van der Waals surface area contributed by atoms with E-state index in [1.807, 2.05) is 0 Å². The topological polar surface area (TPSA) is 84.5 Å². The van der Waals surface area contributed by atoms with Crippen molar-refractivity contribution in [2.45, 2.75) is 11.4 Å². The second-order valence-electron chi connectivity index (χ2n) is 4.53. The third-order valence-corrected chi connectivity index (χ3v) is 5.32. The molecule has 110 valence electrons. The van der Waals surface area contributed by atoms with E-state index in [-0.39, 0.29) is 11.5 Å². The number of carbonyl (C=O) groups excluding carboxylic acids is 1. The molecule has 0 radical (unpaired) electrons. The van der Waals surface area contributed by atoms with Gasteiger partial charge in [-0.3, -0.25) is 0 Å². The molecule has 0 unspecified atom stereocenters. The van der Waals surface area contributed by atoms with Gasteiger partial charge in [0, 0.05) is 5.69 Å². The highest BCUT2D eigenvalue weighted by molar-refractivity contribution is 7.91. The Morgan fingerprint density at radius 2 is 1.95 bits per heavy atom. The molecular formula is C12H15ClN2O4S. The second-order valence-corrected chi connectivity index (χ2v) is 7.24. The third kappa shape index (κ3) is 3.77. The van der Waals surface area contributed by atoms with Crippen molar-refractivity contribution in [2.24, 2.45) is 0 Å². The number of rotatable bonds is 3. The molecule has 0 aliphatic carbocycles. The molecule has 0 aromatic heterocycles. The number of amides is 2. The van der Waals surface area contributed by atoms with E-state index in [2.05, 4.69) is 10.6 Å². The average Bonchev–Trinajstić information content (AvgIpc) is 2.63. The number of sulfone groups is 1. The van der Waals surface area contributed by atoms with Gasteiger partial charge in [0.2, 0.25) is 0 Å². The van der Waals surface area contributed by atoms with Crippen LogP contribution in [-0.4, -0.2) is 44.5 Å². The second kappa shape index (κ2) is 5.88. The minimum atomic E-state index is -3.16. The number of benzene rings is 1. The maximum Gasteiger partial charge on any atom is 0.319 e. The van der Waals surface area contributed by atoms with Crippen LogP contribution in [0.15, 0.2) is 24.3 Å². The van der Waals surface area contributed by atoms with Gasteiger partial charge in [-0.05, 0) is 24.3 Å². The molecule has 0 saturated carbocycles. The van der Waals surface area contributed by atoms with Crippen molar-refractivity contribution in [1.82, 2.24) is 5.32 Å². The van der Waals surface area contributed by atoms with Crippen LogP contribution in [0.25, 0.3) is 0 Å². The molecule has 1 aliphatic rings. The first-order valence-corrected chi connectivity index (χ1v) is 8.21. The number of methoxy groups -OCH3 is 1. The van der Waals surface area contributed by atoms with Gasteiger partial charge in [-0.2, -0.15) is 0 Å². The normalized spacial score (nSPS) is 24.1. The highest BCUT2D eigenvalue weighted by Gasteiger charge is 2.37. The van der Waals surface area contributed by atoms with Crippen LogP contribution in [0.2, 0.25) is 0 Å². The van der Waals surface area contributed by atoms with Crippen LogP contribution in [0.5, 0.6) is 5.75 Å². The number of carbonyl (C=O) groups is 1. The van der Waals surface area contributed by atoms with Crippen molar-refractivity contribution in [3.63, 3.8) is 0 Å². The number of nitrogens with one attached hydrogen (secondary N) is 2. The van der Waals surface area contributed by atoms with Crippen molar-refractivity contribution in [3.05, 3.63) is 24.3 Å². The van der Waals surface area contributed by atoms with Crippen molar-refractivity contribution in [3.8, 4) is 5.75 Å². The molecule has 2 N–H and O–H groups in total. The number of halogens is 1. The largest absolute Gasteiger partial charge is 0.497 e. The summed E-state index contributed by atoms with van der Waals surface area (Å²) in [5.74, 6) is 0.442. The summed E-state index contributed by atoms with van der Waals surface area (Å²) in [6.07, 6.45) is 0. The fraction of sp³-hybridized carbons (Fsp3) is 0.417. The molecule has 2 rings (SSSR count). The van der Waals surface area contributed by atoms with Crippen LogP contribution in [0.3, 0.4) is 0 Å². The zero-order chi connectivity index (χ0) is 14.8. The summed E-state index contributed by atoms with van der Waals surface area (Å²) in [4.78, 5) is 11.8. The number of alkyl halides is 1. The first-order valence-electron chi connectivity index (χ1n) is 5.96. The van der Waals surface area contributed by atoms with Gasteiger partial charge in [0.15, 0.2) is 9.84 Å². The summed E-state index contributed by atoms with van der Waals surface area (Å²) in [7, 11) is -1.61. The summed E-state index contributed by atoms with van der Waals surface area (Å²) in [6, 6.07) is 5.73. The van der Waals surface area contributed by atoms with Crippen molar-refractivity contribution >= 4 is 33.2 Å². The van der Waals surface area contributed by atoms with Crippen LogP contribution >= 0.6 is 11.6 Å². The molecule has 0 bridgehead atoms. The quantitative estimate of drug-likeness (QED) is 0.821. The number of anilines is 1. The lowest BCUT2D eigenvalue weighted by Crippen LogP contribution is -2.42. The third-order valence-electron chi connectivity index (χ3n) is 2.95. The number of hydrogen-bond acceptors (Lipinski definition) is 4. The van der Waals surface area contributed by atoms with E-state index in [1.54, 1.807) is 31.4 Å². The van der Waals surface area contributed by atoms with E-state index < -0.39 is 27.3 Å². The fourth-order valence-corrected chi connectivity index (χ4v) is 4.50. The molecule has 2 amide bonds. The van der Waals surface area contributed by atoms with Crippen molar-refractivity contribution in [1.29, 1.82) is 0 Å². The Hall–Kier alpha value is -1.47. The van der Waals surface area contributed by atoms with Crippen LogP contribution in [0, 0.1) is 0 Å². The van der Waals surface area contributed by atoms with Crippen molar-refractivity contribution < 1.29 is 17.9 Å². The predicted octanol–water partition coefficient (Wildman–Crippen LogP) is 1.22. The van der Waals surface area contributed by atoms with Gasteiger partial charge in [0.05, 0.1) is 30.0 Å². The molecule has 1 fully saturated rings. The Labute approximate surface area is 122 Å². The smallest absolute Gasteiger partial charge is 0.319 e. The van der Waals surface area contributed by atoms with E-state index in [0.717, 1.165) is 0 Å². The highest BCUT2D eigenvalue weighted by atomic mass is 35.5. The molecule has 1 aromatic rings.